The van der Waals surface area contributed by atoms with Gasteiger partial charge in [-0.2, -0.15) is 4.39 Å². The van der Waals surface area contributed by atoms with Crippen LogP contribution in [-0.2, 0) is 15.1 Å². The third kappa shape index (κ3) is 2.21. The van der Waals surface area contributed by atoms with Crippen LogP contribution in [0.3, 0.4) is 0 Å². The Morgan fingerprint density at radius 1 is 1.36 bits per heavy atom. The molecule has 8 heteroatoms. The number of fused-ring (bicyclic) bond motifs is 4. The number of likely N-dealkylation sites (N-methyl/N-ethyl adjacent to an activating group) is 1. The van der Waals surface area contributed by atoms with Crippen molar-refractivity contribution in [1.82, 2.24) is 9.88 Å². The first kappa shape index (κ1) is 17.1. The normalized spacial score (nSPS) is 28.6. The Morgan fingerprint density at radius 3 is 2.96 bits per heavy atom. The second-order valence-corrected chi connectivity index (χ2v) is 7.28. The third-order valence-corrected chi connectivity index (χ3v) is 5.83. The third-order valence-electron chi connectivity index (χ3n) is 5.83. The van der Waals surface area contributed by atoms with Crippen LogP contribution in [-0.4, -0.2) is 48.1 Å². The molecule has 1 aromatic carbocycles. The number of benzene rings is 1. The molecule has 7 nitrogen and oxygen atoms in total. The number of guanidine groups is 1. The quantitative estimate of drug-likeness (QED) is 0.758. The maximum atomic E-state index is 14.3. The first-order valence-electron chi connectivity index (χ1n) is 9.15. The Hall–Kier alpha value is -3.00. The molecule has 1 saturated heterocycles. The molecule has 0 unspecified atom stereocenters. The molecule has 3 aliphatic heterocycles. The number of ether oxygens (including phenoxy) is 2. The number of nitrogens with zero attached hydrogens (tertiary/aromatic N) is 3. The fourth-order valence-corrected chi connectivity index (χ4v) is 4.39. The number of pyridine rings is 1. The van der Waals surface area contributed by atoms with Crippen LogP contribution in [0.15, 0.2) is 41.5 Å². The topological polar surface area (TPSA) is 90.0 Å². The van der Waals surface area contributed by atoms with Gasteiger partial charge in [0, 0.05) is 30.8 Å². The lowest BCUT2D eigenvalue weighted by molar-refractivity contribution is -0.141. The molecular formula is C20H19FN4O3. The van der Waals surface area contributed by atoms with Gasteiger partial charge in [-0.15, -0.1) is 0 Å². The molecule has 0 bridgehead atoms. The van der Waals surface area contributed by atoms with Crippen molar-refractivity contribution in [2.24, 2.45) is 16.6 Å². The van der Waals surface area contributed by atoms with Crippen LogP contribution in [0.5, 0.6) is 5.75 Å². The van der Waals surface area contributed by atoms with E-state index in [4.69, 9.17) is 15.2 Å². The monoisotopic (exact) mass is 382 g/mol. The number of carbonyl (C=O) groups excluding carboxylic acids is 1. The van der Waals surface area contributed by atoms with Gasteiger partial charge >= 0.3 is 0 Å². The van der Waals surface area contributed by atoms with Crippen molar-refractivity contribution in [2.45, 2.75) is 18.1 Å². The van der Waals surface area contributed by atoms with E-state index in [1.807, 2.05) is 0 Å². The molecule has 0 radical (unpaired) electrons. The summed E-state index contributed by atoms with van der Waals surface area (Å²) < 4.78 is 26.1. The van der Waals surface area contributed by atoms with Gasteiger partial charge in [-0.1, -0.05) is 6.07 Å². The maximum absolute atomic E-state index is 14.3. The molecule has 28 heavy (non-hydrogen) atoms. The average Bonchev–Trinajstić information content (AvgIpc) is 2.93. The number of aliphatic imine (C=N–C) groups is 1. The van der Waals surface area contributed by atoms with E-state index in [1.165, 1.54) is 11.1 Å². The van der Waals surface area contributed by atoms with Crippen LogP contribution in [0.2, 0.25) is 0 Å². The lowest BCUT2D eigenvalue weighted by Gasteiger charge is -2.45. The van der Waals surface area contributed by atoms with E-state index >= 15 is 0 Å². The Kier molecular flexibility index (Phi) is 3.67. The van der Waals surface area contributed by atoms with Crippen LogP contribution in [0.1, 0.15) is 12.0 Å². The first-order chi connectivity index (χ1) is 13.5. The van der Waals surface area contributed by atoms with E-state index in [-0.39, 0.29) is 23.9 Å². The fraction of sp³-hybridized carbons (Fsp3) is 0.350. The van der Waals surface area contributed by atoms with Gasteiger partial charge in [0.2, 0.25) is 5.95 Å². The first-order valence-corrected chi connectivity index (χ1v) is 9.15. The van der Waals surface area contributed by atoms with E-state index in [2.05, 4.69) is 9.98 Å². The molecule has 0 aliphatic carbocycles. The molecule has 5 rings (SSSR count). The van der Waals surface area contributed by atoms with Gasteiger partial charge in [0.15, 0.2) is 11.5 Å². The van der Waals surface area contributed by atoms with Gasteiger partial charge in [-0.25, -0.2) is 9.98 Å². The minimum absolute atomic E-state index is 0.153. The highest BCUT2D eigenvalue weighted by atomic mass is 19.1. The zero-order valence-corrected chi connectivity index (χ0v) is 15.3. The zero-order chi connectivity index (χ0) is 19.5. The van der Waals surface area contributed by atoms with E-state index in [0.29, 0.717) is 42.1 Å². The summed E-state index contributed by atoms with van der Waals surface area (Å²) in [7, 11) is 1.61. The summed E-state index contributed by atoms with van der Waals surface area (Å²) in [5.41, 5.74) is 6.32. The molecule has 3 aliphatic rings. The largest absolute Gasteiger partial charge is 0.489 e. The number of hydrogen-bond acceptors (Lipinski definition) is 6. The van der Waals surface area contributed by atoms with Crippen molar-refractivity contribution in [3.63, 3.8) is 0 Å². The van der Waals surface area contributed by atoms with Gasteiger partial charge in [0.1, 0.15) is 11.9 Å². The van der Waals surface area contributed by atoms with Gasteiger partial charge in [0.25, 0.3) is 5.91 Å². The summed E-state index contributed by atoms with van der Waals surface area (Å²) in [6.45, 7) is 0.904. The highest BCUT2D eigenvalue weighted by Crippen LogP contribution is 2.51. The predicted octanol–water partition coefficient (Wildman–Crippen LogP) is 1.67. The van der Waals surface area contributed by atoms with Crippen LogP contribution in [0.25, 0.3) is 11.1 Å². The fourth-order valence-electron chi connectivity index (χ4n) is 4.39. The average molecular weight is 382 g/mol. The Labute approximate surface area is 161 Å². The standard InChI is InChI=1S/C20H19FN4O3/c1-25-18(26)20(24-19(25)22)13-9-11(12-3-2-7-23-17(12)21)4-5-15(13)28-16-6-8-27-10-14(16)20/h2-5,7,9,14,16H,6,8,10H2,1H3,(H2,22,24)/t14-,16-,20-/m0/s1. The SMILES string of the molecule is CN1C(=O)[C@]2(N=C1N)c1cc(-c3cccnc3F)ccc1O[C@H]1CCOC[C@@H]12. The van der Waals surface area contributed by atoms with Crippen molar-refractivity contribution in [1.29, 1.82) is 0 Å². The molecule has 1 amide bonds. The summed E-state index contributed by atoms with van der Waals surface area (Å²) in [5, 5.41) is 0. The smallest absolute Gasteiger partial charge is 0.262 e. The van der Waals surface area contributed by atoms with Crippen LogP contribution in [0, 0.1) is 11.9 Å². The molecule has 1 spiro atoms. The van der Waals surface area contributed by atoms with E-state index in [9.17, 15) is 9.18 Å². The summed E-state index contributed by atoms with van der Waals surface area (Å²) in [6, 6.07) is 8.60. The molecule has 3 atom stereocenters. The Balaban J connectivity index is 1.74. The summed E-state index contributed by atoms with van der Waals surface area (Å²) in [4.78, 5) is 23.1. The summed E-state index contributed by atoms with van der Waals surface area (Å²) in [6.07, 6.45) is 1.86. The Morgan fingerprint density at radius 2 is 2.21 bits per heavy atom. The highest BCUT2D eigenvalue weighted by molar-refractivity contribution is 6.07. The van der Waals surface area contributed by atoms with Crippen LogP contribution >= 0.6 is 0 Å². The Bertz CT molecular complexity index is 1010. The number of hydrogen-bond donors (Lipinski definition) is 1. The van der Waals surface area contributed by atoms with Gasteiger partial charge < -0.3 is 15.2 Å². The summed E-state index contributed by atoms with van der Waals surface area (Å²) in [5.74, 6) is -0.390. The minimum Gasteiger partial charge on any atom is -0.489 e. The van der Waals surface area contributed by atoms with Gasteiger partial charge in [-0.3, -0.25) is 9.69 Å². The van der Waals surface area contributed by atoms with Gasteiger partial charge in [-0.05, 0) is 29.8 Å². The molecular weight excluding hydrogens is 363 g/mol. The number of carbonyl (C=O) groups is 1. The van der Waals surface area contributed by atoms with Crippen molar-refractivity contribution < 1.29 is 18.7 Å². The van der Waals surface area contributed by atoms with Crippen molar-refractivity contribution in [2.75, 3.05) is 20.3 Å². The number of nitrogens with two attached hydrogens (primary N) is 1. The molecule has 1 aromatic heterocycles. The number of rotatable bonds is 1. The van der Waals surface area contributed by atoms with Crippen LogP contribution in [0.4, 0.5) is 4.39 Å². The maximum Gasteiger partial charge on any atom is 0.262 e. The molecule has 144 valence electrons. The zero-order valence-electron chi connectivity index (χ0n) is 15.3. The number of halogens is 1. The molecule has 0 saturated carbocycles. The molecule has 2 aromatic rings. The van der Waals surface area contributed by atoms with Crippen LogP contribution < -0.4 is 10.5 Å². The second kappa shape index (κ2) is 6.00. The second-order valence-electron chi connectivity index (χ2n) is 7.28. The minimum atomic E-state index is -1.23. The molecule has 4 heterocycles. The lowest BCUT2D eigenvalue weighted by Crippen LogP contribution is -2.56. The number of aromatic nitrogens is 1. The van der Waals surface area contributed by atoms with Crippen molar-refractivity contribution >= 4 is 11.9 Å². The van der Waals surface area contributed by atoms with Crippen molar-refractivity contribution in [3.8, 4) is 16.9 Å². The lowest BCUT2D eigenvalue weighted by atomic mass is 9.71. The highest BCUT2D eigenvalue weighted by Gasteiger charge is 2.60. The predicted molar refractivity (Wildman–Crippen MR) is 99.0 cm³/mol. The molecule has 2 N–H and O–H groups in total. The van der Waals surface area contributed by atoms with E-state index in [0.717, 1.165) is 0 Å². The molecule has 1 fully saturated rings. The van der Waals surface area contributed by atoms with E-state index in [1.54, 1.807) is 37.4 Å². The number of amides is 1. The van der Waals surface area contributed by atoms with E-state index < -0.39 is 11.5 Å². The van der Waals surface area contributed by atoms with Crippen molar-refractivity contribution in [3.05, 3.63) is 48.0 Å². The van der Waals surface area contributed by atoms with Gasteiger partial charge in [0.05, 0.1) is 19.1 Å². The summed E-state index contributed by atoms with van der Waals surface area (Å²) >= 11 is 0.